The van der Waals surface area contributed by atoms with Crippen molar-refractivity contribution in [3.8, 4) is 0 Å². The zero-order chi connectivity index (χ0) is 20.0. The van der Waals surface area contributed by atoms with E-state index in [1.54, 1.807) is 18.1 Å². The summed E-state index contributed by atoms with van der Waals surface area (Å²) in [6, 6.07) is 15.6. The minimum Gasteiger partial charge on any atom is -0.318 e. The van der Waals surface area contributed by atoms with Crippen molar-refractivity contribution in [1.82, 2.24) is 14.5 Å². The SMILES string of the molecule is CC(=O)c1nc2cc(C)ccc2n1C1CCN(CC2Cc3ccccc3C2)CC1. The van der Waals surface area contributed by atoms with E-state index in [2.05, 4.69) is 63.8 Å². The van der Waals surface area contributed by atoms with Gasteiger partial charge in [0.15, 0.2) is 11.6 Å². The molecule has 5 rings (SSSR count). The number of hydrogen-bond acceptors (Lipinski definition) is 3. The van der Waals surface area contributed by atoms with Crippen molar-refractivity contribution in [2.45, 2.75) is 45.6 Å². The van der Waals surface area contributed by atoms with Gasteiger partial charge < -0.3 is 9.47 Å². The third-order valence-corrected chi connectivity index (χ3v) is 6.73. The van der Waals surface area contributed by atoms with Gasteiger partial charge in [0.2, 0.25) is 0 Å². The maximum absolute atomic E-state index is 12.3. The van der Waals surface area contributed by atoms with E-state index in [9.17, 15) is 4.79 Å². The molecule has 29 heavy (non-hydrogen) atoms. The summed E-state index contributed by atoms with van der Waals surface area (Å²) in [5, 5.41) is 0. The lowest BCUT2D eigenvalue weighted by Crippen LogP contribution is -2.38. The van der Waals surface area contributed by atoms with Gasteiger partial charge in [0.25, 0.3) is 0 Å². The highest BCUT2D eigenvalue weighted by molar-refractivity contribution is 5.95. The highest BCUT2D eigenvalue weighted by Crippen LogP contribution is 2.32. The number of rotatable bonds is 4. The Morgan fingerprint density at radius 2 is 1.76 bits per heavy atom. The molecule has 1 aliphatic heterocycles. The number of aryl methyl sites for hydroxylation is 1. The standard InChI is InChI=1S/C25H29N3O/c1-17-7-8-24-23(13-17)26-25(18(2)29)28(24)22-9-11-27(12-10-22)16-19-14-20-5-3-4-6-21(20)15-19/h3-8,13,19,22H,9-12,14-16H2,1-2H3. The third-order valence-electron chi connectivity index (χ3n) is 6.73. The minimum absolute atomic E-state index is 0.0602. The maximum Gasteiger partial charge on any atom is 0.195 e. The third kappa shape index (κ3) is 3.51. The first-order valence-electron chi connectivity index (χ1n) is 10.9. The second-order valence-corrected chi connectivity index (χ2v) is 8.93. The largest absolute Gasteiger partial charge is 0.318 e. The van der Waals surface area contributed by atoms with E-state index in [1.807, 2.05) is 0 Å². The summed E-state index contributed by atoms with van der Waals surface area (Å²) in [4.78, 5) is 19.6. The molecule has 2 aromatic carbocycles. The molecule has 0 atom stereocenters. The highest BCUT2D eigenvalue weighted by atomic mass is 16.1. The van der Waals surface area contributed by atoms with E-state index in [1.165, 1.54) is 24.9 Å². The van der Waals surface area contributed by atoms with Crippen molar-refractivity contribution in [2.75, 3.05) is 19.6 Å². The molecule has 4 heteroatoms. The number of benzene rings is 2. The lowest BCUT2D eigenvalue weighted by molar-refractivity contribution is 0.0991. The predicted molar refractivity (Wildman–Crippen MR) is 117 cm³/mol. The number of aromatic nitrogens is 2. The topological polar surface area (TPSA) is 38.1 Å². The molecule has 2 aliphatic rings. The van der Waals surface area contributed by atoms with Crippen LogP contribution in [-0.4, -0.2) is 39.9 Å². The van der Waals surface area contributed by atoms with Crippen molar-refractivity contribution < 1.29 is 4.79 Å². The van der Waals surface area contributed by atoms with Gasteiger partial charge in [-0.15, -0.1) is 0 Å². The number of carbonyl (C=O) groups excluding carboxylic acids is 1. The molecule has 1 saturated heterocycles. The van der Waals surface area contributed by atoms with Crippen LogP contribution in [0, 0.1) is 12.8 Å². The van der Waals surface area contributed by atoms with E-state index >= 15 is 0 Å². The summed E-state index contributed by atoms with van der Waals surface area (Å²) in [6.45, 7) is 7.09. The first-order valence-corrected chi connectivity index (χ1v) is 10.9. The van der Waals surface area contributed by atoms with Gasteiger partial charge >= 0.3 is 0 Å². The summed E-state index contributed by atoms with van der Waals surface area (Å²) in [6.07, 6.45) is 4.60. The van der Waals surface area contributed by atoms with E-state index in [0.717, 1.165) is 42.9 Å². The Labute approximate surface area is 172 Å². The fourth-order valence-electron chi connectivity index (χ4n) is 5.33. The molecule has 0 spiro atoms. The zero-order valence-electron chi connectivity index (χ0n) is 17.4. The van der Waals surface area contributed by atoms with Crippen molar-refractivity contribution >= 4 is 16.8 Å². The molecule has 150 valence electrons. The molecule has 0 N–H and O–H groups in total. The van der Waals surface area contributed by atoms with Gasteiger partial charge in [-0.05, 0) is 67.3 Å². The minimum atomic E-state index is 0.0602. The zero-order valence-corrected chi connectivity index (χ0v) is 17.4. The van der Waals surface area contributed by atoms with Crippen LogP contribution >= 0.6 is 0 Å². The number of Topliss-reactive ketones (excluding diaryl/α,β-unsaturated/α-hetero) is 1. The number of hydrogen-bond donors (Lipinski definition) is 0. The predicted octanol–water partition coefficient (Wildman–Crippen LogP) is 4.60. The van der Waals surface area contributed by atoms with Gasteiger partial charge in [0, 0.05) is 32.6 Å². The summed E-state index contributed by atoms with van der Waals surface area (Å²) in [7, 11) is 0. The van der Waals surface area contributed by atoms with E-state index in [0.29, 0.717) is 11.9 Å². The fraction of sp³-hybridized carbons (Fsp3) is 0.440. The van der Waals surface area contributed by atoms with E-state index in [4.69, 9.17) is 0 Å². The Morgan fingerprint density at radius 3 is 2.41 bits per heavy atom. The quantitative estimate of drug-likeness (QED) is 0.614. The number of piperidine rings is 1. The van der Waals surface area contributed by atoms with Gasteiger partial charge in [-0.25, -0.2) is 4.98 Å². The van der Waals surface area contributed by atoms with Gasteiger partial charge in [0.05, 0.1) is 11.0 Å². The van der Waals surface area contributed by atoms with Crippen LogP contribution in [0.5, 0.6) is 0 Å². The second kappa shape index (κ2) is 7.42. The Bertz CT molecular complexity index is 1030. The highest BCUT2D eigenvalue weighted by Gasteiger charge is 2.28. The van der Waals surface area contributed by atoms with Crippen LogP contribution in [-0.2, 0) is 12.8 Å². The van der Waals surface area contributed by atoms with Crippen LogP contribution in [0.15, 0.2) is 42.5 Å². The lowest BCUT2D eigenvalue weighted by Gasteiger charge is -2.34. The average Bonchev–Trinajstić information content (AvgIpc) is 3.29. The summed E-state index contributed by atoms with van der Waals surface area (Å²) in [5.41, 5.74) is 6.31. The molecule has 0 radical (unpaired) electrons. The van der Waals surface area contributed by atoms with Crippen LogP contribution < -0.4 is 0 Å². The smallest absolute Gasteiger partial charge is 0.195 e. The number of carbonyl (C=O) groups is 1. The molecule has 3 aromatic rings. The second-order valence-electron chi connectivity index (χ2n) is 8.93. The number of likely N-dealkylation sites (tertiary alicyclic amines) is 1. The molecular formula is C25H29N3O. The fourth-order valence-corrected chi connectivity index (χ4v) is 5.33. The molecule has 0 saturated carbocycles. The van der Waals surface area contributed by atoms with Crippen molar-refractivity contribution in [2.24, 2.45) is 5.92 Å². The molecule has 0 amide bonds. The van der Waals surface area contributed by atoms with E-state index < -0.39 is 0 Å². The molecule has 0 unspecified atom stereocenters. The summed E-state index contributed by atoms with van der Waals surface area (Å²) < 4.78 is 2.22. The van der Waals surface area contributed by atoms with Gasteiger partial charge in [-0.3, -0.25) is 4.79 Å². The number of fused-ring (bicyclic) bond motifs is 2. The van der Waals surface area contributed by atoms with Crippen LogP contribution in [0.25, 0.3) is 11.0 Å². The maximum atomic E-state index is 12.3. The molecule has 4 nitrogen and oxygen atoms in total. The molecular weight excluding hydrogens is 358 g/mol. The Hall–Kier alpha value is -2.46. The number of nitrogens with zero attached hydrogens (tertiary/aromatic N) is 3. The summed E-state index contributed by atoms with van der Waals surface area (Å²) in [5.74, 6) is 1.43. The van der Waals surface area contributed by atoms with Gasteiger partial charge in [-0.1, -0.05) is 30.3 Å². The molecule has 2 heterocycles. The molecule has 1 fully saturated rings. The normalized spacial score (nSPS) is 18.4. The van der Waals surface area contributed by atoms with Crippen molar-refractivity contribution in [1.29, 1.82) is 0 Å². The first kappa shape index (κ1) is 18.6. The molecule has 1 aromatic heterocycles. The number of imidazole rings is 1. The molecule has 0 bridgehead atoms. The Balaban J connectivity index is 1.29. The lowest BCUT2D eigenvalue weighted by atomic mass is 10.0. The van der Waals surface area contributed by atoms with Crippen molar-refractivity contribution in [3.63, 3.8) is 0 Å². The number of ketones is 1. The van der Waals surface area contributed by atoms with Gasteiger partial charge in [-0.2, -0.15) is 0 Å². The summed E-state index contributed by atoms with van der Waals surface area (Å²) >= 11 is 0. The van der Waals surface area contributed by atoms with Crippen molar-refractivity contribution in [3.05, 3.63) is 65.0 Å². The molecule has 1 aliphatic carbocycles. The first-order chi connectivity index (χ1) is 14.1. The Morgan fingerprint density at radius 1 is 1.07 bits per heavy atom. The monoisotopic (exact) mass is 387 g/mol. The van der Waals surface area contributed by atoms with Crippen LogP contribution in [0.3, 0.4) is 0 Å². The average molecular weight is 388 g/mol. The Kier molecular flexibility index (Phi) is 4.75. The van der Waals surface area contributed by atoms with Crippen LogP contribution in [0.1, 0.15) is 53.1 Å². The van der Waals surface area contributed by atoms with E-state index in [-0.39, 0.29) is 5.78 Å². The van der Waals surface area contributed by atoms with Crippen LogP contribution in [0.2, 0.25) is 0 Å². The van der Waals surface area contributed by atoms with Gasteiger partial charge in [0.1, 0.15) is 0 Å². The van der Waals surface area contributed by atoms with Crippen LogP contribution in [0.4, 0.5) is 0 Å².